The van der Waals surface area contributed by atoms with Gasteiger partial charge in [-0.1, -0.05) is 6.07 Å². The number of nitrogens with zero attached hydrogens (tertiary/aromatic N) is 1. The van der Waals surface area contributed by atoms with Crippen molar-refractivity contribution in [2.24, 2.45) is 5.10 Å². The minimum Gasteiger partial charge on any atom is -0.493 e. The fraction of sp³-hybridized carbons (Fsp3) is 0.393. The highest BCUT2D eigenvalue weighted by Gasteiger charge is 2.32. The first-order valence-corrected chi connectivity index (χ1v) is 12.7. The minimum atomic E-state index is -1.13. The number of urea groups is 1. The highest BCUT2D eigenvalue weighted by Crippen LogP contribution is 2.35. The van der Waals surface area contributed by atoms with Crippen LogP contribution in [0.3, 0.4) is 0 Å². The van der Waals surface area contributed by atoms with Gasteiger partial charge < -0.3 is 39.4 Å². The number of aliphatic hydroxyl groups is 1. The molecule has 0 fully saturated rings. The second kappa shape index (κ2) is 14.1. The Balaban J connectivity index is 1.67. The normalized spacial score (nSPS) is 15.8. The molecule has 0 aromatic heterocycles. The molecule has 0 spiro atoms. The van der Waals surface area contributed by atoms with Crippen LogP contribution in [0.25, 0.3) is 0 Å². The van der Waals surface area contributed by atoms with Crippen molar-refractivity contribution in [2.45, 2.75) is 46.1 Å². The molecule has 40 heavy (non-hydrogen) atoms. The Morgan fingerprint density at radius 2 is 1.85 bits per heavy atom. The van der Waals surface area contributed by atoms with Crippen LogP contribution in [0, 0.1) is 0 Å². The lowest BCUT2D eigenvalue weighted by atomic mass is 9.95. The Labute approximate surface area is 233 Å². The van der Waals surface area contributed by atoms with Crippen molar-refractivity contribution >= 4 is 18.2 Å². The quantitative estimate of drug-likeness (QED) is 0.126. The van der Waals surface area contributed by atoms with Crippen LogP contribution in [0.15, 0.2) is 52.8 Å². The van der Waals surface area contributed by atoms with Crippen molar-refractivity contribution in [2.75, 3.05) is 27.4 Å². The summed E-state index contributed by atoms with van der Waals surface area (Å²) >= 11 is 0. The highest BCUT2D eigenvalue weighted by atomic mass is 16.5. The van der Waals surface area contributed by atoms with Gasteiger partial charge in [-0.3, -0.25) is 5.43 Å². The van der Waals surface area contributed by atoms with Crippen LogP contribution in [-0.2, 0) is 9.53 Å². The molecule has 4 N–H and O–H groups in total. The van der Waals surface area contributed by atoms with Gasteiger partial charge in [0, 0.05) is 5.70 Å². The molecule has 12 nitrogen and oxygen atoms in total. The van der Waals surface area contributed by atoms with Crippen molar-refractivity contribution in [1.29, 1.82) is 0 Å². The molecule has 2 amide bonds. The number of hydrogen-bond acceptors (Lipinski definition) is 10. The molecule has 0 saturated heterocycles. The Bertz CT molecular complexity index is 1260. The third-order valence-corrected chi connectivity index (χ3v) is 5.66. The smallest absolute Gasteiger partial charge is 0.337 e. The number of carbonyl (C=O) groups is 2. The predicted molar refractivity (Wildman–Crippen MR) is 148 cm³/mol. The van der Waals surface area contributed by atoms with Crippen LogP contribution in [0.1, 0.15) is 44.9 Å². The Morgan fingerprint density at radius 1 is 1.10 bits per heavy atom. The molecule has 1 aliphatic rings. The van der Waals surface area contributed by atoms with Crippen molar-refractivity contribution in [3.63, 3.8) is 0 Å². The van der Waals surface area contributed by atoms with Gasteiger partial charge in [-0.15, -0.1) is 0 Å². The summed E-state index contributed by atoms with van der Waals surface area (Å²) in [5.41, 5.74) is 4.61. The standard InChI is InChI=1S/C28H36N4O8/c1-7-38-23-13-19(26-25(27(34)37-6)17(4)30-28(35)31-26)9-11-20(23)39-15-24(33)32-29-14-18-8-10-21(40-16(2)3)22(12-18)36-5/h8-14,16,24,26,32-33H,7,15H2,1-6H3,(H2,30,31,35)/b29-14-/t24-,26+/m1/s1. The van der Waals surface area contributed by atoms with E-state index in [1.165, 1.54) is 13.3 Å². The van der Waals surface area contributed by atoms with Gasteiger partial charge in [-0.2, -0.15) is 5.10 Å². The van der Waals surface area contributed by atoms with Crippen LogP contribution in [0.5, 0.6) is 23.0 Å². The maximum absolute atomic E-state index is 12.4. The second-order valence-electron chi connectivity index (χ2n) is 8.99. The Morgan fingerprint density at radius 3 is 2.52 bits per heavy atom. The molecule has 12 heteroatoms. The number of esters is 1. The predicted octanol–water partition coefficient (Wildman–Crippen LogP) is 3.00. The van der Waals surface area contributed by atoms with E-state index in [1.54, 1.807) is 44.4 Å². The van der Waals surface area contributed by atoms with E-state index in [2.05, 4.69) is 21.2 Å². The van der Waals surface area contributed by atoms with Crippen molar-refractivity contribution < 1.29 is 38.4 Å². The van der Waals surface area contributed by atoms with Gasteiger partial charge >= 0.3 is 12.0 Å². The number of rotatable bonds is 13. The van der Waals surface area contributed by atoms with Crippen LogP contribution in [-0.4, -0.2) is 63.1 Å². The van der Waals surface area contributed by atoms with Gasteiger partial charge in [0.2, 0.25) is 0 Å². The third-order valence-electron chi connectivity index (χ3n) is 5.66. The SMILES string of the molecule is CCOc1cc([C@@H]2NC(=O)NC(C)=C2C(=O)OC)ccc1OC[C@@H](O)N/N=C\c1ccc(OC(C)C)c(OC)c1. The van der Waals surface area contributed by atoms with Crippen molar-refractivity contribution in [3.05, 3.63) is 58.8 Å². The maximum atomic E-state index is 12.4. The molecular weight excluding hydrogens is 520 g/mol. The molecule has 2 atom stereocenters. The molecule has 0 aliphatic carbocycles. The topological polar surface area (TPSA) is 149 Å². The number of methoxy groups -OCH3 is 2. The first-order valence-electron chi connectivity index (χ1n) is 12.7. The molecule has 1 aliphatic heterocycles. The molecule has 1 heterocycles. The fourth-order valence-corrected chi connectivity index (χ4v) is 3.94. The largest absolute Gasteiger partial charge is 0.493 e. The molecule has 216 valence electrons. The molecule has 0 radical (unpaired) electrons. The average Bonchev–Trinajstić information content (AvgIpc) is 2.92. The zero-order valence-corrected chi connectivity index (χ0v) is 23.4. The summed E-state index contributed by atoms with van der Waals surface area (Å²) in [5, 5.41) is 19.7. The lowest BCUT2D eigenvalue weighted by Gasteiger charge is -2.28. The third kappa shape index (κ3) is 7.79. The summed E-state index contributed by atoms with van der Waals surface area (Å²) in [7, 11) is 2.83. The van der Waals surface area contributed by atoms with Crippen LogP contribution < -0.4 is 35.0 Å². The fourth-order valence-electron chi connectivity index (χ4n) is 3.94. The van der Waals surface area contributed by atoms with E-state index in [1.807, 2.05) is 26.8 Å². The number of carbonyl (C=O) groups excluding carboxylic acids is 2. The van der Waals surface area contributed by atoms with Gasteiger partial charge in [0.05, 0.1) is 44.8 Å². The van der Waals surface area contributed by atoms with E-state index in [0.29, 0.717) is 40.9 Å². The van der Waals surface area contributed by atoms with Gasteiger partial charge in [-0.05, 0) is 69.2 Å². The maximum Gasteiger partial charge on any atom is 0.337 e. The van der Waals surface area contributed by atoms with Gasteiger partial charge in [0.1, 0.15) is 6.61 Å². The van der Waals surface area contributed by atoms with Crippen LogP contribution >= 0.6 is 0 Å². The summed E-state index contributed by atoms with van der Waals surface area (Å²) < 4.78 is 27.5. The highest BCUT2D eigenvalue weighted by molar-refractivity contribution is 5.95. The zero-order chi connectivity index (χ0) is 29.2. The Hall–Kier alpha value is -4.45. The summed E-state index contributed by atoms with van der Waals surface area (Å²) in [5.74, 6) is 1.37. The molecule has 0 unspecified atom stereocenters. The average molecular weight is 557 g/mol. The first-order chi connectivity index (χ1) is 19.2. The van der Waals surface area contributed by atoms with Gasteiger partial charge in [0.25, 0.3) is 0 Å². The van der Waals surface area contributed by atoms with E-state index < -0.39 is 24.3 Å². The molecule has 2 aromatic rings. The van der Waals surface area contributed by atoms with Crippen LogP contribution in [0.2, 0.25) is 0 Å². The van der Waals surface area contributed by atoms with E-state index in [0.717, 1.165) is 5.56 Å². The Kier molecular flexibility index (Phi) is 10.6. The van der Waals surface area contributed by atoms with E-state index in [9.17, 15) is 14.7 Å². The van der Waals surface area contributed by atoms with Crippen molar-refractivity contribution in [3.8, 4) is 23.0 Å². The monoisotopic (exact) mass is 556 g/mol. The van der Waals surface area contributed by atoms with E-state index >= 15 is 0 Å². The summed E-state index contributed by atoms with van der Waals surface area (Å²) in [4.78, 5) is 24.5. The molecule has 0 saturated carbocycles. The molecule has 2 aromatic carbocycles. The van der Waals surface area contributed by atoms with Crippen LogP contribution in [0.4, 0.5) is 4.79 Å². The number of nitrogens with one attached hydrogen (secondary N) is 3. The number of amides is 2. The lowest BCUT2D eigenvalue weighted by Crippen LogP contribution is -2.45. The lowest BCUT2D eigenvalue weighted by molar-refractivity contribution is -0.136. The van der Waals surface area contributed by atoms with Gasteiger partial charge in [-0.25, -0.2) is 9.59 Å². The minimum absolute atomic E-state index is 0.00784. The molecular formula is C28H36N4O8. The number of aliphatic hydroxyl groups excluding tert-OH is 1. The number of benzene rings is 2. The van der Waals surface area contributed by atoms with E-state index in [4.69, 9.17) is 23.7 Å². The summed E-state index contributed by atoms with van der Waals surface area (Å²) in [6, 6.07) is 9.20. The zero-order valence-electron chi connectivity index (χ0n) is 23.4. The second-order valence-corrected chi connectivity index (χ2v) is 8.99. The first kappa shape index (κ1) is 30.1. The van der Waals surface area contributed by atoms with Crippen molar-refractivity contribution in [1.82, 2.24) is 16.1 Å². The number of ether oxygens (including phenoxy) is 5. The molecule has 3 rings (SSSR count). The summed E-state index contributed by atoms with van der Waals surface area (Å²) in [6.07, 6.45) is 0.414. The molecule has 0 bridgehead atoms. The van der Waals surface area contributed by atoms with E-state index in [-0.39, 0.29) is 18.3 Å². The number of hydrazone groups is 1. The number of hydrogen-bond donors (Lipinski definition) is 4. The van der Waals surface area contributed by atoms with Gasteiger partial charge in [0.15, 0.2) is 29.2 Å². The number of allylic oxidation sites excluding steroid dienone is 1. The summed E-state index contributed by atoms with van der Waals surface area (Å²) in [6.45, 7) is 7.50.